The lowest BCUT2D eigenvalue weighted by Gasteiger charge is -2.33. The Labute approximate surface area is 79.6 Å². The first kappa shape index (κ1) is 10.5. The molecule has 0 heterocycles. The summed E-state index contributed by atoms with van der Waals surface area (Å²) in [6.07, 6.45) is 6.20. The van der Waals surface area contributed by atoms with Gasteiger partial charge in [0.15, 0.2) is 0 Å². The average molecular weight is 182 g/mol. The molecule has 0 atom stereocenters. The molecule has 1 saturated carbocycles. The molecule has 0 aliphatic heterocycles. The summed E-state index contributed by atoms with van der Waals surface area (Å²) >= 11 is 0. The number of carbonyl (C=O) groups excluding carboxylic acids is 1. The zero-order chi connectivity index (χ0) is 9.90. The summed E-state index contributed by atoms with van der Waals surface area (Å²) in [5.74, 6) is 0.505. The Hall–Kier alpha value is -0.630. The largest absolute Gasteiger partial charge is 0.390 e. The SMILES string of the molecule is C/C(=C\C=O)C1CCC(C)(O)CC1. The standard InChI is InChI=1S/C11H18O2/c1-9(5-8-12)10-3-6-11(2,13)7-4-10/h5,8,10,13H,3-4,6-7H2,1-2H3/b9-5+. The molecular weight excluding hydrogens is 164 g/mol. The smallest absolute Gasteiger partial charge is 0.142 e. The summed E-state index contributed by atoms with van der Waals surface area (Å²) in [4.78, 5) is 10.3. The third kappa shape index (κ3) is 2.96. The van der Waals surface area contributed by atoms with Crippen LogP contribution in [-0.4, -0.2) is 17.0 Å². The topological polar surface area (TPSA) is 37.3 Å². The Morgan fingerprint density at radius 3 is 2.46 bits per heavy atom. The van der Waals surface area contributed by atoms with E-state index < -0.39 is 5.60 Å². The average Bonchev–Trinajstić information content (AvgIpc) is 2.04. The third-order valence-electron chi connectivity index (χ3n) is 3.04. The van der Waals surface area contributed by atoms with E-state index in [0.29, 0.717) is 5.92 Å². The molecule has 2 nitrogen and oxygen atoms in total. The highest BCUT2D eigenvalue weighted by molar-refractivity contribution is 5.66. The van der Waals surface area contributed by atoms with Gasteiger partial charge in [-0.1, -0.05) is 5.57 Å². The van der Waals surface area contributed by atoms with E-state index >= 15 is 0 Å². The summed E-state index contributed by atoms with van der Waals surface area (Å²) in [5.41, 5.74) is 0.684. The zero-order valence-electron chi connectivity index (χ0n) is 8.42. The Kier molecular flexibility index (Phi) is 3.26. The van der Waals surface area contributed by atoms with E-state index in [4.69, 9.17) is 0 Å². The summed E-state index contributed by atoms with van der Waals surface area (Å²) in [6, 6.07) is 0. The number of carbonyl (C=O) groups is 1. The molecule has 1 aliphatic rings. The molecule has 0 amide bonds. The van der Waals surface area contributed by atoms with Gasteiger partial charge < -0.3 is 5.11 Å². The normalized spacial score (nSPS) is 35.9. The van der Waals surface area contributed by atoms with Crippen molar-refractivity contribution in [2.45, 2.75) is 45.1 Å². The Morgan fingerprint density at radius 2 is 2.00 bits per heavy atom. The predicted molar refractivity (Wildman–Crippen MR) is 52.4 cm³/mol. The maximum absolute atomic E-state index is 10.3. The van der Waals surface area contributed by atoms with Crippen LogP contribution in [0.4, 0.5) is 0 Å². The van der Waals surface area contributed by atoms with Gasteiger partial charge in [0.05, 0.1) is 5.60 Å². The lowest BCUT2D eigenvalue weighted by molar-refractivity contribution is -0.104. The van der Waals surface area contributed by atoms with E-state index in [1.54, 1.807) is 6.08 Å². The number of hydrogen-bond donors (Lipinski definition) is 1. The maximum atomic E-state index is 10.3. The molecular formula is C11H18O2. The van der Waals surface area contributed by atoms with Gasteiger partial charge in [-0.15, -0.1) is 0 Å². The molecule has 0 saturated heterocycles. The molecule has 13 heavy (non-hydrogen) atoms. The second-order valence-corrected chi connectivity index (χ2v) is 4.32. The van der Waals surface area contributed by atoms with Crippen molar-refractivity contribution >= 4 is 6.29 Å². The van der Waals surface area contributed by atoms with Crippen LogP contribution in [0.25, 0.3) is 0 Å². The lowest BCUT2D eigenvalue weighted by atomic mass is 9.77. The van der Waals surface area contributed by atoms with Gasteiger partial charge in [-0.05, 0) is 51.5 Å². The van der Waals surface area contributed by atoms with Gasteiger partial charge in [-0.25, -0.2) is 0 Å². The van der Waals surface area contributed by atoms with Crippen LogP contribution in [0.2, 0.25) is 0 Å². The van der Waals surface area contributed by atoms with Crippen LogP contribution in [0.3, 0.4) is 0 Å². The van der Waals surface area contributed by atoms with Gasteiger partial charge >= 0.3 is 0 Å². The van der Waals surface area contributed by atoms with Crippen molar-refractivity contribution in [2.75, 3.05) is 0 Å². The highest BCUT2D eigenvalue weighted by Crippen LogP contribution is 2.34. The van der Waals surface area contributed by atoms with Crippen LogP contribution in [0.5, 0.6) is 0 Å². The van der Waals surface area contributed by atoms with Crippen LogP contribution < -0.4 is 0 Å². The minimum absolute atomic E-state index is 0.474. The van der Waals surface area contributed by atoms with Crippen molar-refractivity contribution in [3.63, 3.8) is 0 Å². The van der Waals surface area contributed by atoms with E-state index in [-0.39, 0.29) is 0 Å². The zero-order valence-corrected chi connectivity index (χ0v) is 8.42. The molecule has 0 aromatic rings. The van der Waals surface area contributed by atoms with Gasteiger partial charge in [0.2, 0.25) is 0 Å². The van der Waals surface area contributed by atoms with Crippen molar-refractivity contribution in [3.05, 3.63) is 11.6 Å². The minimum Gasteiger partial charge on any atom is -0.390 e. The van der Waals surface area contributed by atoms with Gasteiger partial charge in [0.25, 0.3) is 0 Å². The van der Waals surface area contributed by atoms with Gasteiger partial charge in [-0.2, -0.15) is 0 Å². The van der Waals surface area contributed by atoms with Gasteiger partial charge in [-0.3, -0.25) is 4.79 Å². The van der Waals surface area contributed by atoms with E-state index in [1.165, 1.54) is 0 Å². The molecule has 0 radical (unpaired) electrons. The second-order valence-electron chi connectivity index (χ2n) is 4.32. The number of hydrogen-bond acceptors (Lipinski definition) is 2. The first-order valence-electron chi connectivity index (χ1n) is 4.89. The van der Waals surface area contributed by atoms with Crippen molar-refractivity contribution in [1.82, 2.24) is 0 Å². The highest BCUT2D eigenvalue weighted by Gasteiger charge is 2.28. The van der Waals surface area contributed by atoms with Crippen LogP contribution >= 0.6 is 0 Å². The molecule has 1 fully saturated rings. The second kappa shape index (κ2) is 4.05. The lowest BCUT2D eigenvalue weighted by Crippen LogP contribution is -2.30. The molecule has 0 unspecified atom stereocenters. The van der Waals surface area contributed by atoms with Crippen LogP contribution in [-0.2, 0) is 4.79 Å². The van der Waals surface area contributed by atoms with Crippen molar-refractivity contribution < 1.29 is 9.90 Å². The van der Waals surface area contributed by atoms with E-state index in [9.17, 15) is 9.90 Å². The van der Waals surface area contributed by atoms with Gasteiger partial charge in [0.1, 0.15) is 6.29 Å². The molecule has 1 rings (SSSR count). The van der Waals surface area contributed by atoms with Crippen LogP contribution in [0, 0.1) is 5.92 Å². The molecule has 0 aromatic heterocycles. The minimum atomic E-state index is -0.474. The maximum Gasteiger partial charge on any atom is 0.142 e. The summed E-state index contributed by atoms with van der Waals surface area (Å²) in [6.45, 7) is 3.89. The number of rotatable bonds is 2. The highest BCUT2D eigenvalue weighted by atomic mass is 16.3. The molecule has 1 aliphatic carbocycles. The quantitative estimate of drug-likeness (QED) is 0.524. The molecule has 0 aromatic carbocycles. The van der Waals surface area contributed by atoms with Crippen molar-refractivity contribution in [2.24, 2.45) is 5.92 Å². The molecule has 0 bridgehead atoms. The van der Waals surface area contributed by atoms with E-state index in [0.717, 1.165) is 37.5 Å². The summed E-state index contributed by atoms with van der Waals surface area (Å²) in [5, 5.41) is 9.71. The van der Waals surface area contributed by atoms with Crippen LogP contribution in [0.1, 0.15) is 39.5 Å². The molecule has 0 spiro atoms. The summed E-state index contributed by atoms with van der Waals surface area (Å²) in [7, 11) is 0. The van der Waals surface area contributed by atoms with Crippen molar-refractivity contribution in [1.29, 1.82) is 0 Å². The monoisotopic (exact) mass is 182 g/mol. The third-order valence-corrected chi connectivity index (χ3v) is 3.04. The number of aldehydes is 1. The Balaban J connectivity index is 2.50. The predicted octanol–water partition coefficient (Wildman–Crippen LogP) is 2.07. The number of aliphatic hydroxyl groups is 1. The number of allylic oxidation sites excluding steroid dienone is 2. The Morgan fingerprint density at radius 1 is 1.46 bits per heavy atom. The van der Waals surface area contributed by atoms with Crippen LogP contribution in [0.15, 0.2) is 11.6 Å². The molecule has 1 N–H and O–H groups in total. The first-order chi connectivity index (χ1) is 6.05. The fourth-order valence-electron chi connectivity index (χ4n) is 1.94. The fraction of sp³-hybridized carbons (Fsp3) is 0.727. The Bertz CT molecular complexity index is 206. The summed E-state index contributed by atoms with van der Waals surface area (Å²) < 4.78 is 0. The molecule has 2 heteroatoms. The van der Waals surface area contributed by atoms with E-state index in [1.807, 2.05) is 13.8 Å². The van der Waals surface area contributed by atoms with E-state index in [2.05, 4.69) is 0 Å². The van der Waals surface area contributed by atoms with Crippen molar-refractivity contribution in [3.8, 4) is 0 Å². The first-order valence-corrected chi connectivity index (χ1v) is 4.89. The fourth-order valence-corrected chi connectivity index (χ4v) is 1.94. The van der Waals surface area contributed by atoms with Gasteiger partial charge in [0, 0.05) is 0 Å². The molecule has 74 valence electrons.